The van der Waals surface area contributed by atoms with Gasteiger partial charge in [0.05, 0.1) is 11.3 Å². The smallest absolute Gasteiger partial charge is 0.299 e. The minimum Gasteiger partial charge on any atom is -0.337 e. The van der Waals surface area contributed by atoms with Gasteiger partial charge in [0.1, 0.15) is 11.2 Å². The lowest BCUT2D eigenvalue weighted by atomic mass is 10.3. The highest BCUT2D eigenvalue weighted by Gasteiger charge is 2.19. The number of hydrazone groups is 1. The van der Waals surface area contributed by atoms with Gasteiger partial charge in [-0.2, -0.15) is 5.10 Å². The molecule has 0 spiro atoms. The van der Waals surface area contributed by atoms with E-state index >= 15 is 0 Å². The molecule has 0 unspecified atom stereocenters. The summed E-state index contributed by atoms with van der Waals surface area (Å²) in [4.78, 5) is 17.7. The Hall–Kier alpha value is -1.67. The Morgan fingerprint density at radius 1 is 1.32 bits per heavy atom. The van der Waals surface area contributed by atoms with Gasteiger partial charge in [-0.05, 0) is 12.1 Å². The summed E-state index contributed by atoms with van der Waals surface area (Å²) in [5.41, 5.74) is 3.08. The van der Waals surface area contributed by atoms with E-state index in [1.165, 1.54) is 6.07 Å². The SMILES string of the molecule is Cl.O=C1NN=C(c2nc3c(F)c(F)ccc3[nH]2)CS1. The summed E-state index contributed by atoms with van der Waals surface area (Å²) in [6.07, 6.45) is 0. The lowest BCUT2D eigenvalue weighted by Gasteiger charge is -2.08. The van der Waals surface area contributed by atoms with Crippen LogP contribution in [-0.2, 0) is 0 Å². The van der Waals surface area contributed by atoms with Crippen LogP contribution in [0.15, 0.2) is 17.2 Å². The number of carbonyl (C=O) groups is 1. The quantitative estimate of drug-likeness (QED) is 0.850. The zero-order valence-electron chi connectivity index (χ0n) is 9.24. The molecule has 1 aromatic heterocycles. The standard InChI is InChI=1S/C10H6F2N4OS.ClH/c11-4-1-2-5-8(7(4)12)14-9(13-5)6-3-18-10(17)16-15-6;/h1-2H,3H2,(H,13,14)(H,16,17);1H. The molecule has 0 bridgehead atoms. The fourth-order valence-corrected chi connectivity index (χ4v) is 2.17. The van der Waals surface area contributed by atoms with Crippen LogP contribution in [0.4, 0.5) is 13.6 Å². The molecular formula is C10H7ClF2N4OS. The number of H-pyrrole nitrogens is 1. The van der Waals surface area contributed by atoms with E-state index in [0.29, 0.717) is 22.8 Å². The van der Waals surface area contributed by atoms with Gasteiger partial charge in [0.25, 0.3) is 5.24 Å². The monoisotopic (exact) mass is 304 g/mol. The number of nitrogens with zero attached hydrogens (tertiary/aromatic N) is 2. The van der Waals surface area contributed by atoms with Gasteiger partial charge >= 0.3 is 0 Å². The fourth-order valence-electron chi connectivity index (χ4n) is 1.59. The highest BCUT2D eigenvalue weighted by molar-refractivity contribution is 8.14. The van der Waals surface area contributed by atoms with E-state index in [1.807, 2.05) is 0 Å². The summed E-state index contributed by atoms with van der Waals surface area (Å²) in [6.45, 7) is 0. The van der Waals surface area contributed by atoms with Crippen molar-refractivity contribution in [2.75, 3.05) is 5.75 Å². The fraction of sp³-hybridized carbons (Fsp3) is 0.100. The van der Waals surface area contributed by atoms with Crippen LogP contribution in [0.1, 0.15) is 5.82 Å². The summed E-state index contributed by atoms with van der Waals surface area (Å²) in [5, 5.41) is 3.56. The molecule has 0 aliphatic carbocycles. The molecule has 100 valence electrons. The number of carbonyl (C=O) groups excluding carboxylic acids is 1. The van der Waals surface area contributed by atoms with Gasteiger partial charge in [0.2, 0.25) is 0 Å². The first-order valence-corrected chi connectivity index (χ1v) is 5.97. The number of nitrogens with one attached hydrogen (secondary N) is 2. The van der Waals surface area contributed by atoms with Gasteiger partial charge in [-0.1, -0.05) is 11.8 Å². The Morgan fingerprint density at radius 3 is 2.79 bits per heavy atom. The third kappa shape index (κ3) is 2.41. The van der Waals surface area contributed by atoms with Crippen molar-refractivity contribution in [3.63, 3.8) is 0 Å². The van der Waals surface area contributed by atoms with Gasteiger partial charge in [-0.15, -0.1) is 12.4 Å². The molecule has 3 rings (SSSR count). The van der Waals surface area contributed by atoms with Crippen molar-refractivity contribution in [2.24, 2.45) is 5.10 Å². The normalized spacial score (nSPS) is 14.8. The third-order valence-electron chi connectivity index (χ3n) is 2.44. The number of aromatic nitrogens is 2. The van der Waals surface area contributed by atoms with E-state index in [-0.39, 0.29) is 23.2 Å². The molecule has 5 nitrogen and oxygen atoms in total. The Kier molecular flexibility index (Phi) is 3.72. The summed E-state index contributed by atoms with van der Waals surface area (Å²) < 4.78 is 26.5. The Morgan fingerprint density at radius 2 is 2.11 bits per heavy atom. The summed E-state index contributed by atoms with van der Waals surface area (Å²) in [6, 6.07) is 2.43. The number of hydrogen-bond acceptors (Lipinski definition) is 4. The van der Waals surface area contributed by atoms with Crippen molar-refractivity contribution < 1.29 is 13.6 Å². The number of imidazole rings is 1. The molecule has 0 saturated carbocycles. The van der Waals surface area contributed by atoms with Crippen LogP contribution in [0.5, 0.6) is 0 Å². The summed E-state index contributed by atoms with van der Waals surface area (Å²) in [5.74, 6) is -1.30. The van der Waals surface area contributed by atoms with Crippen molar-refractivity contribution in [3.8, 4) is 0 Å². The molecule has 1 aromatic carbocycles. The first-order valence-electron chi connectivity index (χ1n) is 4.98. The molecule has 2 aromatic rings. The molecule has 9 heteroatoms. The molecule has 1 aliphatic heterocycles. The van der Waals surface area contributed by atoms with E-state index in [0.717, 1.165) is 17.8 Å². The summed E-state index contributed by atoms with van der Waals surface area (Å²) in [7, 11) is 0. The van der Waals surface area contributed by atoms with Crippen molar-refractivity contribution in [1.29, 1.82) is 0 Å². The molecule has 1 amide bonds. The summed E-state index contributed by atoms with van der Waals surface area (Å²) >= 11 is 1.03. The van der Waals surface area contributed by atoms with Gasteiger partial charge in [-0.3, -0.25) is 4.79 Å². The number of aromatic amines is 1. The predicted molar refractivity (Wildman–Crippen MR) is 70.8 cm³/mol. The van der Waals surface area contributed by atoms with Crippen molar-refractivity contribution in [2.45, 2.75) is 0 Å². The van der Waals surface area contributed by atoms with Crippen molar-refractivity contribution in [3.05, 3.63) is 29.6 Å². The van der Waals surface area contributed by atoms with Gasteiger partial charge in [0.15, 0.2) is 17.5 Å². The van der Waals surface area contributed by atoms with E-state index in [4.69, 9.17) is 0 Å². The van der Waals surface area contributed by atoms with E-state index < -0.39 is 11.6 Å². The zero-order chi connectivity index (χ0) is 12.7. The van der Waals surface area contributed by atoms with Crippen LogP contribution in [-0.4, -0.2) is 26.7 Å². The maximum absolute atomic E-state index is 13.5. The highest BCUT2D eigenvalue weighted by atomic mass is 35.5. The highest BCUT2D eigenvalue weighted by Crippen LogP contribution is 2.20. The molecule has 0 atom stereocenters. The largest absolute Gasteiger partial charge is 0.337 e. The minimum atomic E-state index is -0.997. The van der Waals surface area contributed by atoms with Gasteiger partial charge < -0.3 is 4.98 Å². The van der Waals surface area contributed by atoms with E-state index in [1.54, 1.807) is 0 Å². The van der Waals surface area contributed by atoms with Crippen LogP contribution in [0.25, 0.3) is 11.0 Å². The number of thioether (sulfide) groups is 1. The number of fused-ring (bicyclic) bond motifs is 1. The molecule has 0 radical (unpaired) electrons. The second kappa shape index (κ2) is 5.14. The van der Waals surface area contributed by atoms with Crippen LogP contribution >= 0.6 is 24.2 Å². The van der Waals surface area contributed by atoms with Crippen LogP contribution in [0, 0.1) is 11.6 Å². The molecule has 0 fully saturated rings. The average molecular weight is 305 g/mol. The lowest BCUT2D eigenvalue weighted by molar-refractivity contribution is 0.261. The minimum absolute atomic E-state index is 0. The number of rotatable bonds is 1. The van der Waals surface area contributed by atoms with Crippen LogP contribution < -0.4 is 5.43 Å². The molecular weight excluding hydrogens is 298 g/mol. The molecule has 19 heavy (non-hydrogen) atoms. The lowest BCUT2D eigenvalue weighted by Crippen LogP contribution is -2.24. The maximum atomic E-state index is 13.5. The number of halogens is 3. The van der Waals surface area contributed by atoms with Crippen LogP contribution in [0.3, 0.4) is 0 Å². The van der Waals surface area contributed by atoms with E-state index in [2.05, 4.69) is 20.5 Å². The Labute approximate surface area is 116 Å². The predicted octanol–water partition coefficient (Wildman–Crippen LogP) is 2.42. The number of amides is 1. The maximum Gasteiger partial charge on any atom is 0.299 e. The number of hydrogen-bond donors (Lipinski definition) is 2. The first-order chi connectivity index (χ1) is 8.65. The van der Waals surface area contributed by atoms with Crippen molar-refractivity contribution in [1.82, 2.24) is 15.4 Å². The molecule has 2 heterocycles. The number of benzene rings is 1. The molecule has 2 N–H and O–H groups in total. The van der Waals surface area contributed by atoms with E-state index in [9.17, 15) is 13.6 Å². The second-order valence-corrected chi connectivity index (χ2v) is 4.54. The van der Waals surface area contributed by atoms with Gasteiger partial charge in [0, 0.05) is 0 Å². The Balaban J connectivity index is 0.00000133. The Bertz CT molecular complexity index is 687. The average Bonchev–Trinajstić information content (AvgIpc) is 2.80. The zero-order valence-corrected chi connectivity index (χ0v) is 10.9. The topological polar surface area (TPSA) is 70.1 Å². The van der Waals surface area contributed by atoms with Gasteiger partial charge in [-0.25, -0.2) is 19.2 Å². The molecule has 1 aliphatic rings. The van der Waals surface area contributed by atoms with Crippen LogP contribution in [0.2, 0.25) is 0 Å². The third-order valence-corrected chi connectivity index (χ3v) is 3.21. The molecule has 0 saturated heterocycles. The van der Waals surface area contributed by atoms with Crippen molar-refractivity contribution >= 4 is 46.2 Å². The first kappa shape index (κ1) is 13.8. The second-order valence-electron chi connectivity index (χ2n) is 3.59.